The van der Waals surface area contributed by atoms with Gasteiger partial charge in [0.2, 0.25) is 0 Å². The zero-order chi connectivity index (χ0) is 15.9. The number of rotatable bonds is 7. The van der Waals surface area contributed by atoms with Crippen LogP contribution in [0.1, 0.15) is 17.4 Å². The lowest BCUT2D eigenvalue weighted by molar-refractivity contribution is 0.0943. The number of amides is 1. The number of hydrogen-bond acceptors (Lipinski definition) is 4. The first-order valence-corrected chi connectivity index (χ1v) is 8.20. The van der Waals surface area contributed by atoms with E-state index in [1.807, 2.05) is 30.0 Å². The molecule has 0 aliphatic rings. The highest BCUT2D eigenvalue weighted by Crippen LogP contribution is 2.13. The van der Waals surface area contributed by atoms with Crippen LogP contribution in [0, 0.1) is 3.57 Å². The molecule has 0 saturated heterocycles. The molecule has 0 fully saturated rings. The van der Waals surface area contributed by atoms with Crippen molar-refractivity contribution < 1.29 is 9.18 Å². The molecule has 0 bridgehead atoms. The number of halogens is 3. The molecule has 5 nitrogen and oxygen atoms in total. The Balaban J connectivity index is 0.00000264. The van der Waals surface area contributed by atoms with Crippen LogP contribution in [-0.4, -0.2) is 53.6 Å². The lowest BCUT2D eigenvalue weighted by Crippen LogP contribution is -2.36. The maximum absolute atomic E-state index is 12.3. The Labute approximate surface area is 154 Å². The lowest BCUT2D eigenvalue weighted by Gasteiger charge is -2.18. The van der Waals surface area contributed by atoms with Gasteiger partial charge in [0, 0.05) is 23.2 Å². The molecule has 1 heterocycles. The van der Waals surface area contributed by atoms with Crippen molar-refractivity contribution in [1.82, 2.24) is 20.2 Å². The molecule has 0 spiro atoms. The molecule has 2 rings (SSSR count). The molecule has 0 saturated carbocycles. The first-order chi connectivity index (χ1) is 10.6. The Bertz CT molecular complexity index is 658. The van der Waals surface area contributed by atoms with E-state index >= 15 is 0 Å². The van der Waals surface area contributed by atoms with E-state index in [9.17, 15) is 9.18 Å². The van der Waals surface area contributed by atoms with Crippen LogP contribution >= 0.6 is 35.0 Å². The fourth-order valence-electron chi connectivity index (χ4n) is 2.06. The number of carbonyl (C=O) groups is 1. The predicted molar refractivity (Wildman–Crippen MR) is 99.9 cm³/mol. The van der Waals surface area contributed by atoms with E-state index in [4.69, 9.17) is 0 Å². The molecule has 0 radical (unpaired) electrons. The van der Waals surface area contributed by atoms with Gasteiger partial charge in [0.1, 0.15) is 12.4 Å². The van der Waals surface area contributed by atoms with Crippen molar-refractivity contribution in [3.63, 3.8) is 0 Å². The topological polar surface area (TPSA) is 58.1 Å². The molecule has 2 aromatic rings. The molecule has 126 valence electrons. The zero-order valence-corrected chi connectivity index (χ0v) is 15.7. The number of carbonyl (C=O) groups excluding carboxylic acids is 1. The van der Waals surface area contributed by atoms with Crippen LogP contribution in [0.25, 0.3) is 11.0 Å². The zero-order valence-electron chi connectivity index (χ0n) is 12.8. The summed E-state index contributed by atoms with van der Waals surface area (Å²) in [5.74, 6) is -0.260. The average Bonchev–Trinajstić information content (AvgIpc) is 2.53. The first-order valence-electron chi connectivity index (χ1n) is 7.13. The third kappa shape index (κ3) is 5.82. The van der Waals surface area contributed by atoms with Gasteiger partial charge in [-0.3, -0.25) is 14.7 Å². The van der Waals surface area contributed by atoms with E-state index in [1.165, 1.54) is 6.20 Å². The summed E-state index contributed by atoms with van der Waals surface area (Å²) in [4.78, 5) is 22.6. The van der Waals surface area contributed by atoms with Gasteiger partial charge in [-0.15, -0.1) is 12.4 Å². The summed E-state index contributed by atoms with van der Waals surface area (Å²) in [6.45, 7) is 3.81. The number of hydrogen-bond donors (Lipinski definition) is 1. The molecule has 23 heavy (non-hydrogen) atoms. The average molecular weight is 451 g/mol. The van der Waals surface area contributed by atoms with Gasteiger partial charge in [0.15, 0.2) is 0 Å². The Morgan fingerprint density at radius 2 is 2.13 bits per heavy atom. The van der Waals surface area contributed by atoms with Gasteiger partial charge in [-0.25, -0.2) is 9.37 Å². The van der Waals surface area contributed by atoms with Crippen LogP contribution in [0.4, 0.5) is 4.39 Å². The Morgan fingerprint density at radius 3 is 2.83 bits per heavy atom. The van der Waals surface area contributed by atoms with Crippen molar-refractivity contribution in [3.8, 4) is 0 Å². The fourth-order valence-corrected chi connectivity index (χ4v) is 2.53. The van der Waals surface area contributed by atoms with E-state index < -0.39 is 0 Å². The molecule has 1 aromatic heterocycles. The monoisotopic (exact) mass is 450 g/mol. The number of benzene rings is 1. The molecule has 1 aromatic carbocycles. The van der Waals surface area contributed by atoms with Crippen LogP contribution in [0.15, 0.2) is 24.4 Å². The predicted octanol–water partition coefficient (Wildman–Crippen LogP) is 2.68. The van der Waals surface area contributed by atoms with Gasteiger partial charge in [0.05, 0.1) is 17.2 Å². The summed E-state index contributed by atoms with van der Waals surface area (Å²) in [5.41, 5.74) is 1.76. The smallest absolute Gasteiger partial charge is 0.271 e. The van der Waals surface area contributed by atoms with Gasteiger partial charge >= 0.3 is 0 Å². The fraction of sp³-hybridized carbons (Fsp3) is 0.400. The maximum Gasteiger partial charge on any atom is 0.271 e. The summed E-state index contributed by atoms with van der Waals surface area (Å²) in [7, 11) is 0. The number of likely N-dealkylation sites (N-methyl/N-ethyl adjacent to an activating group) is 1. The van der Waals surface area contributed by atoms with E-state index in [0.29, 0.717) is 30.8 Å². The summed E-state index contributed by atoms with van der Waals surface area (Å²) in [6, 6.07) is 5.69. The van der Waals surface area contributed by atoms with Gasteiger partial charge in [-0.05, 0) is 47.3 Å². The van der Waals surface area contributed by atoms with Crippen LogP contribution in [0.2, 0.25) is 0 Å². The third-order valence-electron chi connectivity index (χ3n) is 3.30. The van der Waals surface area contributed by atoms with Gasteiger partial charge in [-0.2, -0.15) is 0 Å². The summed E-state index contributed by atoms with van der Waals surface area (Å²) in [6.07, 6.45) is 1.48. The van der Waals surface area contributed by atoms with E-state index in [1.54, 1.807) is 0 Å². The van der Waals surface area contributed by atoms with Gasteiger partial charge in [-0.1, -0.05) is 6.92 Å². The third-order valence-corrected chi connectivity index (χ3v) is 3.97. The normalized spacial score (nSPS) is 10.6. The minimum atomic E-state index is -0.378. The molecular weight excluding hydrogens is 432 g/mol. The standard InChI is InChI=1S/C15H18FIN4O.ClH/c1-2-21(7-5-16)8-6-18-15(22)14-10-19-13-9-11(17)3-4-12(13)20-14;/h3-4,9-10H,2,5-8H2,1H3,(H,18,22);1H/i17-2;. The molecule has 8 heteroatoms. The van der Waals surface area contributed by atoms with E-state index in [0.717, 1.165) is 15.6 Å². The molecular formula is C15H19ClFIN4O. The van der Waals surface area contributed by atoms with Crippen molar-refractivity contribution in [2.45, 2.75) is 6.92 Å². The number of fused-ring (bicyclic) bond motifs is 1. The van der Waals surface area contributed by atoms with Crippen LogP contribution in [0.3, 0.4) is 0 Å². The van der Waals surface area contributed by atoms with Gasteiger partial charge in [0.25, 0.3) is 5.91 Å². The second-order valence-corrected chi connectivity index (χ2v) is 6.01. The molecule has 1 N–H and O–H groups in total. The largest absolute Gasteiger partial charge is 0.349 e. The van der Waals surface area contributed by atoms with Crippen LogP contribution in [-0.2, 0) is 0 Å². The van der Waals surface area contributed by atoms with Crippen LogP contribution in [0.5, 0.6) is 0 Å². The van der Waals surface area contributed by atoms with E-state index in [-0.39, 0.29) is 25.0 Å². The van der Waals surface area contributed by atoms with Crippen LogP contribution < -0.4 is 5.32 Å². The van der Waals surface area contributed by atoms with Crippen molar-refractivity contribution in [2.24, 2.45) is 0 Å². The summed E-state index contributed by atoms with van der Waals surface area (Å²) < 4.78 is 13.4. The molecule has 0 atom stereocenters. The highest BCUT2D eigenvalue weighted by atomic mass is 125. The quantitative estimate of drug-likeness (QED) is 0.659. The minimum Gasteiger partial charge on any atom is -0.349 e. The number of nitrogens with one attached hydrogen (secondary N) is 1. The molecule has 0 aliphatic carbocycles. The first kappa shape index (κ1) is 20.0. The van der Waals surface area contributed by atoms with Crippen molar-refractivity contribution in [2.75, 3.05) is 32.9 Å². The van der Waals surface area contributed by atoms with E-state index in [2.05, 4.69) is 37.9 Å². The van der Waals surface area contributed by atoms with Crippen molar-refractivity contribution in [3.05, 3.63) is 33.7 Å². The minimum absolute atomic E-state index is 0. The molecule has 0 unspecified atom stereocenters. The SMILES string of the molecule is CCN(CCF)CCNC(=O)c1cnc2cc([125I])ccc2n1.Cl. The number of nitrogens with zero attached hydrogens (tertiary/aromatic N) is 3. The summed E-state index contributed by atoms with van der Waals surface area (Å²) in [5, 5.41) is 2.79. The highest BCUT2D eigenvalue weighted by molar-refractivity contribution is 14.1. The number of aromatic nitrogens is 2. The van der Waals surface area contributed by atoms with Crippen molar-refractivity contribution >= 4 is 51.9 Å². The maximum atomic E-state index is 12.3. The second kappa shape index (κ2) is 9.94. The Kier molecular flexibility index (Phi) is 8.64. The number of alkyl halides is 1. The Morgan fingerprint density at radius 1 is 1.35 bits per heavy atom. The second-order valence-electron chi connectivity index (χ2n) is 4.77. The molecule has 1 amide bonds. The Hall–Kier alpha value is -1.06. The lowest BCUT2D eigenvalue weighted by atomic mass is 10.3. The van der Waals surface area contributed by atoms with Crippen molar-refractivity contribution in [1.29, 1.82) is 0 Å². The van der Waals surface area contributed by atoms with Gasteiger partial charge < -0.3 is 5.32 Å². The summed E-state index contributed by atoms with van der Waals surface area (Å²) >= 11 is 2.21. The molecule has 0 aliphatic heterocycles. The highest BCUT2D eigenvalue weighted by Gasteiger charge is 2.10.